The van der Waals surface area contributed by atoms with E-state index in [1.165, 1.54) is 38.2 Å². The molecule has 0 heterocycles. The summed E-state index contributed by atoms with van der Waals surface area (Å²) in [6.07, 6.45) is 11.8. The van der Waals surface area contributed by atoms with Gasteiger partial charge in [0.1, 0.15) is 0 Å². The van der Waals surface area contributed by atoms with Gasteiger partial charge in [0.15, 0.2) is 0 Å². The highest BCUT2D eigenvalue weighted by Gasteiger charge is 2.08. The van der Waals surface area contributed by atoms with Gasteiger partial charge in [0.2, 0.25) is 6.29 Å². The summed E-state index contributed by atoms with van der Waals surface area (Å²) in [6, 6.07) is 0. The first-order valence-electron chi connectivity index (χ1n) is 3.98. The topological polar surface area (TPSA) is 17.1 Å². The van der Waals surface area contributed by atoms with E-state index < -0.39 is 0 Å². The van der Waals surface area contributed by atoms with Gasteiger partial charge in [-0.05, 0) is 24.8 Å². The van der Waals surface area contributed by atoms with Gasteiger partial charge in [-0.25, -0.2) is 0 Å². The highest BCUT2D eigenvalue weighted by molar-refractivity contribution is 5.65. The molecule has 0 aliphatic heterocycles. The summed E-state index contributed by atoms with van der Waals surface area (Å²) >= 11 is 0. The fraction of sp³-hybridized carbons (Fsp3) is 0.667. The Bertz CT molecular complexity index is 121. The van der Waals surface area contributed by atoms with E-state index in [1.807, 2.05) is 6.08 Å². The second-order valence-electron chi connectivity index (χ2n) is 2.88. The van der Waals surface area contributed by atoms with Crippen molar-refractivity contribution in [1.82, 2.24) is 0 Å². The number of carbonyl (C=O) groups excluding carboxylic acids is 1. The molecule has 0 unspecified atom stereocenters. The van der Waals surface area contributed by atoms with Crippen LogP contribution < -0.4 is 0 Å². The van der Waals surface area contributed by atoms with Crippen LogP contribution in [0, 0.1) is 5.92 Å². The first kappa shape index (κ1) is 7.52. The fourth-order valence-corrected chi connectivity index (χ4v) is 1.50. The molecule has 1 rings (SSSR count). The Hall–Kier alpha value is -0.590. The van der Waals surface area contributed by atoms with Crippen LogP contribution in [0.3, 0.4) is 0 Å². The van der Waals surface area contributed by atoms with Crippen molar-refractivity contribution >= 4 is 6.29 Å². The number of rotatable bonds is 2. The quantitative estimate of drug-likeness (QED) is 0.533. The lowest BCUT2D eigenvalue weighted by atomic mass is 9.89. The molecule has 0 atom stereocenters. The molecule has 0 N–H and O–H groups in total. The van der Waals surface area contributed by atoms with E-state index in [1.54, 1.807) is 6.29 Å². The summed E-state index contributed by atoms with van der Waals surface area (Å²) in [4.78, 5) is 9.84. The number of hydrogen-bond donors (Lipinski definition) is 0. The molecule has 1 heteroatoms. The molecule has 0 aromatic carbocycles. The highest BCUT2D eigenvalue weighted by Crippen LogP contribution is 2.24. The van der Waals surface area contributed by atoms with Crippen LogP contribution in [0.5, 0.6) is 0 Å². The SMILES string of the molecule is O=[C]C=CC1CCCCC1. The zero-order valence-electron chi connectivity index (χ0n) is 6.18. The second-order valence-corrected chi connectivity index (χ2v) is 2.88. The van der Waals surface area contributed by atoms with Crippen LogP contribution in [0.25, 0.3) is 0 Å². The second kappa shape index (κ2) is 4.26. The molecule has 0 saturated heterocycles. The van der Waals surface area contributed by atoms with E-state index in [-0.39, 0.29) is 0 Å². The maximum Gasteiger partial charge on any atom is 0.225 e. The van der Waals surface area contributed by atoms with Crippen LogP contribution >= 0.6 is 0 Å². The summed E-state index contributed by atoms with van der Waals surface area (Å²) in [7, 11) is 0. The largest absolute Gasteiger partial charge is 0.286 e. The van der Waals surface area contributed by atoms with E-state index in [4.69, 9.17) is 0 Å². The van der Waals surface area contributed by atoms with Gasteiger partial charge in [-0.2, -0.15) is 0 Å². The van der Waals surface area contributed by atoms with Gasteiger partial charge in [-0.15, -0.1) is 0 Å². The Balaban J connectivity index is 2.25. The van der Waals surface area contributed by atoms with Gasteiger partial charge in [-0.3, -0.25) is 4.79 Å². The Kier molecular flexibility index (Phi) is 3.20. The minimum atomic E-state index is 0.662. The molecule has 0 amide bonds. The van der Waals surface area contributed by atoms with Crippen molar-refractivity contribution in [2.75, 3.05) is 0 Å². The lowest BCUT2D eigenvalue weighted by Crippen LogP contribution is -2.02. The van der Waals surface area contributed by atoms with Crippen molar-refractivity contribution in [3.63, 3.8) is 0 Å². The number of allylic oxidation sites excluding steroid dienone is 2. The van der Waals surface area contributed by atoms with Gasteiger partial charge in [-0.1, -0.05) is 25.3 Å². The van der Waals surface area contributed by atoms with Crippen molar-refractivity contribution in [3.05, 3.63) is 12.2 Å². The molecule has 0 spiro atoms. The maximum atomic E-state index is 9.84. The lowest BCUT2D eigenvalue weighted by Gasteiger charge is -2.16. The minimum absolute atomic E-state index is 0.662. The molecule has 10 heavy (non-hydrogen) atoms. The lowest BCUT2D eigenvalue weighted by molar-refractivity contribution is 0.419. The summed E-state index contributed by atoms with van der Waals surface area (Å²) < 4.78 is 0. The molecule has 1 saturated carbocycles. The third-order valence-corrected chi connectivity index (χ3v) is 2.09. The van der Waals surface area contributed by atoms with Gasteiger partial charge < -0.3 is 0 Å². The third-order valence-electron chi connectivity index (χ3n) is 2.09. The van der Waals surface area contributed by atoms with Gasteiger partial charge in [0.25, 0.3) is 0 Å². The predicted octanol–water partition coefficient (Wildman–Crippen LogP) is 2.23. The van der Waals surface area contributed by atoms with Crippen molar-refractivity contribution in [1.29, 1.82) is 0 Å². The summed E-state index contributed by atoms with van der Waals surface area (Å²) in [5, 5.41) is 0. The smallest absolute Gasteiger partial charge is 0.225 e. The highest BCUT2D eigenvalue weighted by atomic mass is 16.1. The van der Waals surface area contributed by atoms with Crippen LogP contribution in [-0.2, 0) is 4.79 Å². The zero-order chi connectivity index (χ0) is 7.23. The van der Waals surface area contributed by atoms with E-state index in [0.29, 0.717) is 5.92 Å². The Morgan fingerprint density at radius 3 is 2.50 bits per heavy atom. The third kappa shape index (κ3) is 2.34. The summed E-state index contributed by atoms with van der Waals surface area (Å²) in [5.74, 6) is 0.662. The van der Waals surface area contributed by atoms with Crippen LogP contribution in [0.1, 0.15) is 32.1 Å². The van der Waals surface area contributed by atoms with Crippen LogP contribution in [0.2, 0.25) is 0 Å². The Morgan fingerprint density at radius 1 is 1.20 bits per heavy atom. The normalized spacial score (nSPS) is 21.6. The number of hydrogen-bond acceptors (Lipinski definition) is 1. The average Bonchev–Trinajstić information content (AvgIpc) is 2.03. The van der Waals surface area contributed by atoms with Crippen molar-refractivity contribution < 1.29 is 4.79 Å². The van der Waals surface area contributed by atoms with E-state index in [0.717, 1.165) is 0 Å². The standard InChI is InChI=1S/C9H13O/c10-8-4-7-9-5-2-1-3-6-9/h4,7,9H,1-3,5-6H2. The predicted molar refractivity (Wildman–Crippen MR) is 41.4 cm³/mol. The van der Waals surface area contributed by atoms with Crippen molar-refractivity contribution in [3.8, 4) is 0 Å². The molecule has 0 aromatic heterocycles. The van der Waals surface area contributed by atoms with Crippen molar-refractivity contribution in [2.45, 2.75) is 32.1 Å². The van der Waals surface area contributed by atoms with Crippen LogP contribution in [-0.4, -0.2) is 6.29 Å². The van der Waals surface area contributed by atoms with Gasteiger partial charge in [0, 0.05) is 0 Å². The average molecular weight is 137 g/mol. The zero-order valence-corrected chi connectivity index (χ0v) is 6.18. The monoisotopic (exact) mass is 137 g/mol. The molecular formula is C9H13O. The fourth-order valence-electron chi connectivity index (χ4n) is 1.50. The Labute approximate surface area is 62.1 Å². The van der Waals surface area contributed by atoms with E-state index >= 15 is 0 Å². The molecule has 0 bridgehead atoms. The molecule has 1 radical (unpaired) electrons. The molecule has 1 aliphatic carbocycles. The molecule has 0 aromatic rings. The molecular weight excluding hydrogens is 124 g/mol. The van der Waals surface area contributed by atoms with E-state index in [9.17, 15) is 4.79 Å². The molecule has 1 nitrogen and oxygen atoms in total. The summed E-state index contributed by atoms with van der Waals surface area (Å²) in [5.41, 5.74) is 0. The van der Waals surface area contributed by atoms with Crippen LogP contribution in [0.4, 0.5) is 0 Å². The van der Waals surface area contributed by atoms with E-state index in [2.05, 4.69) is 0 Å². The first-order valence-corrected chi connectivity index (χ1v) is 3.98. The van der Waals surface area contributed by atoms with Gasteiger partial charge in [0.05, 0.1) is 0 Å². The van der Waals surface area contributed by atoms with Crippen LogP contribution in [0.15, 0.2) is 12.2 Å². The molecule has 55 valence electrons. The maximum absolute atomic E-state index is 9.84. The van der Waals surface area contributed by atoms with Crippen molar-refractivity contribution in [2.24, 2.45) is 5.92 Å². The first-order chi connectivity index (χ1) is 4.93. The molecule has 1 aliphatic rings. The minimum Gasteiger partial charge on any atom is -0.286 e. The molecule has 1 fully saturated rings. The van der Waals surface area contributed by atoms with Gasteiger partial charge >= 0.3 is 0 Å². The summed E-state index contributed by atoms with van der Waals surface area (Å²) in [6.45, 7) is 0. The Morgan fingerprint density at radius 2 is 1.90 bits per heavy atom.